The molecule has 1 aromatic rings. The van der Waals surface area contributed by atoms with Crippen LogP contribution in [0, 0.1) is 5.92 Å². The van der Waals surface area contributed by atoms with Gasteiger partial charge in [0.2, 0.25) is 0 Å². The summed E-state index contributed by atoms with van der Waals surface area (Å²) < 4.78 is 2.12. The van der Waals surface area contributed by atoms with Gasteiger partial charge in [-0.05, 0) is 80.8 Å². The zero-order valence-electron chi connectivity index (χ0n) is 18.6. The molecule has 0 atom stereocenters. The molecule has 0 spiro atoms. The Labute approximate surface area is 187 Å². The van der Waals surface area contributed by atoms with Gasteiger partial charge in [-0.15, -0.1) is 5.10 Å². The Bertz CT molecular complexity index is 644. The molecule has 6 nitrogen and oxygen atoms in total. The average molecular weight is 433 g/mol. The summed E-state index contributed by atoms with van der Waals surface area (Å²) in [6.45, 7) is 3.50. The van der Waals surface area contributed by atoms with Crippen LogP contribution in [0.25, 0.3) is 0 Å². The Balaban J connectivity index is 1.31. The summed E-state index contributed by atoms with van der Waals surface area (Å²) in [6.07, 6.45) is 18.8. The summed E-state index contributed by atoms with van der Waals surface area (Å²) >= 11 is 6.03. The van der Waals surface area contributed by atoms with Crippen LogP contribution in [0.4, 0.5) is 0 Å². The van der Waals surface area contributed by atoms with Gasteiger partial charge in [0, 0.05) is 19.0 Å². The highest BCUT2D eigenvalue weighted by molar-refractivity contribution is 7.80. The SMILES string of the molecule is S=C(CCCc1nnnn1C1CCCCC1)N(CC1CCNCC1)C1CCCCC1. The first-order valence-corrected chi connectivity index (χ1v) is 13.0. The monoisotopic (exact) mass is 432 g/mol. The molecule has 0 bridgehead atoms. The van der Waals surface area contributed by atoms with Crippen molar-refractivity contribution in [1.29, 1.82) is 0 Å². The van der Waals surface area contributed by atoms with Crippen LogP contribution in [0.3, 0.4) is 0 Å². The molecule has 0 amide bonds. The minimum absolute atomic E-state index is 0.509. The van der Waals surface area contributed by atoms with E-state index in [2.05, 4.69) is 30.4 Å². The quantitative estimate of drug-likeness (QED) is 0.612. The minimum atomic E-state index is 0.509. The lowest BCUT2D eigenvalue weighted by atomic mass is 9.91. The molecule has 4 rings (SSSR count). The number of piperidine rings is 1. The number of hydrogen-bond donors (Lipinski definition) is 1. The van der Waals surface area contributed by atoms with Gasteiger partial charge in [-0.1, -0.05) is 50.7 Å². The fourth-order valence-corrected chi connectivity index (χ4v) is 6.09. The van der Waals surface area contributed by atoms with Gasteiger partial charge in [0.1, 0.15) is 0 Å². The van der Waals surface area contributed by atoms with Crippen molar-refractivity contribution in [2.75, 3.05) is 19.6 Å². The molecule has 168 valence electrons. The summed E-state index contributed by atoms with van der Waals surface area (Å²) in [7, 11) is 0. The van der Waals surface area contributed by atoms with Gasteiger partial charge in [0.15, 0.2) is 5.82 Å². The van der Waals surface area contributed by atoms with Crippen LogP contribution < -0.4 is 5.32 Å². The number of rotatable bonds is 8. The maximum absolute atomic E-state index is 6.03. The third kappa shape index (κ3) is 6.00. The minimum Gasteiger partial charge on any atom is -0.363 e. The number of aryl methyl sites for hydroxylation is 1. The van der Waals surface area contributed by atoms with E-state index in [-0.39, 0.29) is 0 Å². The Morgan fingerprint density at radius 3 is 2.40 bits per heavy atom. The fraction of sp³-hybridized carbons (Fsp3) is 0.913. The molecule has 0 aromatic carbocycles. The van der Waals surface area contributed by atoms with E-state index in [1.807, 2.05) is 0 Å². The van der Waals surface area contributed by atoms with E-state index in [0.717, 1.165) is 31.0 Å². The van der Waals surface area contributed by atoms with Gasteiger partial charge in [-0.25, -0.2) is 4.68 Å². The van der Waals surface area contributed by atoms with Crippen molar-refractivity contribution in [2.45, 2.75) is 108 Å². The first-order valence-electron chi connectivity index (χ1n) is 12.6. The van der Waals surface area contributed by atoms with Crippen molar-refractivity contribution in [3.63, 3.8) is 0 Å². The van der Waals surface area contributed by atoms with E-state index < -0.39 is 0 Å². The summed E-state index contributed by atoms with van der Waals surface area (Å²) in [6, 6.07) is 1.18. The Hall–Kier alpha value is -1.08. The molecule has 2 aliphatic carbocycles. The normalized spacial score (nSPS) is 22.3. The second-order valence-electron chi connectivity index (χ2n) is 9.72. The highest BCUT2D eigenvalue weighted by Crippen LogP contribution is 2.29. The van der Waals surface area contributed by atoms with Crippen molar-refractivity contribution >= 4 is 17.2 Å². The second kappa shape index (κ2) is 11.5. The molecule has 2 saturated carbocycles. The molecule has 3 fully saturated rings. The molecular formula is C23H40N6S. The molecule has 0 unspecified atom stereocenters. The van der Waals surface area contributed by atoms with Crippen LogP contribution in [0.1, 0.15) is 102 Å². The summed E-state index contributed by atoms with van der Waals surface area (Å²) in [5.41, 5.74) is 0. The molecule has 7 heteroatoms. The molecule has 1 aromatic heterocycles. The van der Waals surface area contributed by atoms with E-state index >= 15 is 0 Å². The van der Waals surface area contributed by atoms with Gasteiger partial charge >= 0.3 is 0 Å². The van der Waals surface area contributed by atoms with Crippen LogP contribution in [0.5, 0.6) is 0 Å². The van der Waals surface area contributed by atoms with Gasteiger partial charge < -0.3 is 10.2 Å². The zero-order valence-corrected chi connectivity index (χ0v) is 19.4. The first kappa shape index (κ1) is 22.1. The molecule has 1 aliphatic heterocycles. The standard InChI is InChI=1S/C23H40N6S/c30-23(13-7-12-22-25-26-27-29(22)21-10-5-2-6-11-21)28(20-8-3-1-4-9-20)18-19-14-16-24-17-15-19/h19-21,24H,1-18H2. The Morgan fingerprint density at radius 2 is 1.67 bits per heavy atom. The lowest BCUT2D eigenvalue weighted by Crippen LogP contribution is -2.45. The maximum Gasteiger partial charge on any atom is 0.151 e. The smallest absolute Gasteiger partial charge is 0.151 e. The van der Waals surface area contributed by atoms with Crippen LogP contribution in [0.15, 0.2) is 0 Å². The second-order valence-corrected chi connectivity index (χ2v) is 10.2. The van der Waals surface area contributed by atoms with E-state index in [1.165, 1.54) is 102 Å². The van der Waals surface area contributed by atoms with Gasteiger partial charge in [0.25, 0.3) is 0 Å². The molecule has 0 radical (unpaired) electrons. The van der Waals surface area contributed by atoms with Crippen LogP contribution in [0.2, 0.25) is 0 Å². The molecule has 30 heavy (non-hydrogen) atoms. The highest BCUT2D eigenvalue weighted by Gasteiger charge is 2.27. The Morgan fingerprint density at radius 1 is 0.967 bits per heavy atom. The highest BCUT2D eigenvalue weighted by atomic mass is 32.1. The average Bonchev–Trinajstić information content (AvgIpc) is 3.28. The number of thiocarbonyl (C=S) groups is 1. The first-order chi connectivity index (χ1) is 14.8. The van der Waals surface area contributed by atoms with Gasteiger partial charge in [0.05, 0.1) is 11.0 Å². The largest absolute Gasteiger partial charge is 0.363 e. The zero-order chi connectivity index (χ0) is 20.6. The summed E-state index contributed by atoms with van der Waals surface area (Å²) in [5, 5.41) is 16.2. The molecule has 2 heterocycles. The molecule has 1 saturated heterocycles. The van der Waals surface area contributed by atoms with Crippen molar-refractivity contribution in [3.8, 4) is 0 Å². The van der Waals surface area contributed by atoms with Gasteiger partial charge in [-0.2, -0.15) is 0 Å². The van der Waals surface area contributed by atoms with Crippen molar-refractivity contribution in [3.05, 3.63) is 5.82 Å². The lowest BCUT2D eigenvalue weighted by molar-refractivity contribution is 0.198. The van der Waals surface area contributed by atoms with Crippen molar-refractivity contribution in [1.82, 2.24) is 30.4 Å². The predicted octanol–water partition coefficient (Wildman–Crippen LogP) is 4.46. The number of hydrogen-bond acceptors (Lipinski definition) is 5. The number of aromatic nitrogens is 4. The fourth-order valence-electron chi connectivity index (χ4n) is 5.72. The summed E-state index contributed by atoms with van der Waals surface area (Å²) in [4.78, 5) is 3.84. The van der Waals surface area contributed by atoms with Crippen LogP contribution >= 0.6 is 12.2 Å². The topological polar surface area (TPSA) is 58.9 Å². The molecular weight excluding hydrogens is 392 g/mol. The summed E-state index contributed by atoms with van der Waals surface area (Å²) in [5.74, 6) is 1.86. The third-order valence-corrected chi connectivity index (χ3v) is 7.96. The number of nitrogens with one attached hydrogen (secondary N) is 1. The van der Waals surface area contributed by atoms with Crippen molar-refractivity contribution < 1.29 is 0 Å². The van der Waals surface area contributed by atoms with Gasteiger partial charge in [-0.3, -0.25) is 0 Å². The van der Waals surface area contributed by atoms with E-state index in [0.29, 0.717) is 12.1 Å². The lowest BCUT2D eigenvalue weighted by Gasteiger charge is -2.39. The number of tetrazole rings is 1. The van der Waals surface area contributed by atoms with Crippen LogP contribution in [-0.2, 0) is 6.42 Å². The molecule has 3 aliphatic rings. The number of nitrogens with zero attached hydrogens (tertiary/aromatic N) is 5. The Kier molecular flexibility index (Phi) is 8.49. The maximum atomic E-state index is 6.03. The van der Waals surface area contributed by atoms with E-state index in [9.17, 15) is 0 Å². The predicted molar refractivity (Wildman–Crippen MR) is 125 cm³/mol. The third-order valence-electron chi connectivity index (χ3n) is 7.52. The van der Waals surface area contributed by atoms with E-state index in [1.54, 1.807) is 0 Å². The molecule has 1 N–H and O–H groups in total. The van der Waals surface area contributed by atoms with Crippen LogP contribution in [-0.4, -0.2) is 55.8 Å². The van der Waals surface area contributed by atoms with Crippen molar-refractivity contribution in [2.24, 2.45) is 5.92 Å². The van der Waals surface area contributed by atoms with E-state index in [4.69, 9.17) is 12.2 Å².